The number of alkyl halides is 3. The first-order chi connectivity index (χ1) is 21.4. The molecule has 0 spiro atoms. The Morgan fingerprint density at radius 3 is 2.56 bits per heavy atom. The molecule has 0 unspecified atom stereocenters. The van der Waals surface area contributed by atoms with Crippen LogP contribution in [0.25, 0.3) is 0 Å². The molecule has 248 valence electrons. The SMILES string of the molecule is CC[C@H]1CN(c2nc(N)c(C(=O)NCCO)nc2Cl)CCN1C1CCN(Cc2ccc(OC(F)(F)F)cc2OCC(C)=O)CC1. The largest absolute Gasteiger partial charge is 0.573 e. The number of piperidine rings is 1. The number of rotatable bonds is 12. The van der Waals surface area contributed by atoms with Crippen LogP contribution < -0.4 is 25.4 Å². The highest BCUT2D eigenvalue weighted by atomic mass is 35.5. The fourth-order valence-corrected chi connectivity index (χ4v) is 6.02. The molecule has 4 rings (SSSR count). The zero-order valence-electron chi connectivity index (χ0n) is 25.3. The Balaban J connectivity index is 1.36. The van der Waals surface area contributed by atoms with E-state index in [1.807, 2.05) is 4.90 Å². The van der Waals surface area contributed by atoms with Crippen LogP contribution in [0.2, 0.25) is 5.15 Å². The average molecular weight is 658 g/mol. The molecule has 2 aromatic rings. The maximum Gasteiger partial charge on any atom is 0.573 e. The number of nitrogens with one attached hydrogen (secondary N) is 1. The number of hydrogen-bond acceptors (Lipinski definition) is 11. The number of nitrogen functional groups attached to an aromatic ring is 1. The van der Waals surface area contributed by atoms with E-state index in [0.717, 1.165) is 38.9 Å². The average Bonchev–Trinajstić information content (AvgIpc) is 3.00. The van der Waals surface area contributed by atoms with Crippen LogP contribution in [0.15, 0.2) is 18.2 Å². The Bertz CT molecular complexity index is 1340. The minimum Gasteiger partial charge on any atom is -0.485 e. The number of Topliss-reactive ketones (excluding diaryl/α,β-unsaturated/α-hetero) is 1. The number of halogens is 4. The lowest BCUT2D eigenvalue weighted by molar-refractivity contribution is -0.274. The molecule has 1 amide bonds. The van der Waals surface area contributed by atoms with Crippen molar-refractivity contribution in [3.8, 4) is 11.5 Å². The van der Waals surface area contributed by atoms with Gasteiger partial charge in [-0.25, -0.2) is 9.97 Å². The Morgan fingerprint density at radius 1 is 1.18 bits per heavy atom. The fourth-order valence-electron chi connectivity index (χ4n) is 5.77. The fraction of sp³-hybridized carbons (Fsp3) is 0.586. The number of amides is 1. The molecule has 2 fully saturated rings. The molecule has 45 heavy (non-hydrogen) atoms. The van der Waals surface area contributed by atoms with Gasteiger partial charge >= 0.3 is 6.36 Å². The maximum absolute atomic E-state index is 12.8. The van der Waals surface area contributed by atoms with E-state index in [-0.39, 0.29) is 54.0 Å². The number of hydrogen-bond donors (Lipinski definition) is 3. The van der Waals surface area contributed by atoms with Crippen molar-refractivity contribution in [1.82, 2.24) is 25.1 Å². The predicted molar refractivity (Wildman–Crippen MR) is 161 cm³/mol. The lowest BCUT2D eigenvalue weighted by Gasteiger charge is -2.47. The van der Waals surface area contributed by atoms with Crippen LogP contribution in [0.1, 0.15) is 49.2 Å². The van der Waals surface area contributed by atoms with Crippen molar-refractivity contribution in [2.75, 3.05) is 63.1 Å². The molecule has 12 nitrogen and oxygen atoms in total. The molecule has 16 heteroatoms. The molecule has 2 aliphatic rings. The number of aliphatic hydroxyl groups excluding tert-OH is 1. The smallest absolute Gasteiger partial charge is 0.485 e. The monoisotopic (exact) mass is 657 g/mol. The summed E-state index contributed by atoms with van der Waals surface area (Å²) in [7, 11) is 0. The van der Waals surface area contributed by atoms with Crippen molar-refractivity contribution in [3.63, 3.8) is 0 Å². The van der Waals surface area contributed by atoms with Gasteiger partial charge in [-0.05, 0) is 45.3 Å². The van der Waals surface area contributed by atoms with Crippen molar-refractivity contribution >= 4 is 34.9 Å². The van der Waals surface area contributed by atoms with E-state index in [1.165, 1.54) is 19.1 Å². The normalized spacial score (nSPS) is 18.6. The second-order valence-electron chi connectivity index (χ2n) is 11.1. The van der Waals surface area contributed by atoms with Gasteiger partial charge in [0.2, 0.25) is 0 Å². The van der Waals surface area contributed by atoms with Gasteiger partial charge in [0.15, 0.2) is 28.3 Å². The summed E-state index contributed by atoms with van der Waals surface area (Å²) in [6.45, 7) is 7.15. The summed E-state index contributed by atoms with van der Waals surface area (Å²) in [5.74, 6) is -0.621. The van der Waals surface area contributed by atoms with Crippen molar-refractivity contribution < 1.29 is 37.3 Å². The van der Waals surface area contributed by atoms with Crippen LogP contribution in [-0.4, -0.2) is 107 Å². The van der Waals surface area contributed by atoms with E-state index in [4.69, 9.17) is 27.2 Å². The molecule has 3 heterocycles. The summed E-state index contributed by atoms with van der Waals surface area (Å²) in [6.07, 6.45) is -2.14. The van der Waals surface area contributed by atoms with Crippen LogP contribution in [0.4, 0.5) is 24.8 Å². The van der Waals surface area contributed by atoms with Crippen LogP contribution >= 0.6 is 11.6 Å². The van der Waals surface area contributed by atoms with Gasteiger partial charge in [0.25, 0.3) is 5.91 Å². The Labute approximate surface area is 264 Å². The van der Waals surface area contributed by atoms with E-state index in [2.05, 4.69) is 36.7 Å². The van der Waals surface area contributed by atoms with E-state index in [0.29, 0.717) is 37.1 Å². The molecular formula is C29H39ClF3N7O5. The lowest BCUT2D eigenvalue weighted by Crippen LogP contribution is -2.58. The Hall–Kier alpha value is -3.40. The van der Waals surface area contributed by atoms with Crippen LogP contribution in [0, 0.1) is 0 Å². The van der Waals surface area contributed by atoms with Gasteiger partial charge in [-0.2, -0.15) is 0 Å². The quantitative estimate of drug-likeness (QED) is 0.310. The van der Waals surface area contributed by atoms with Gasteiger partial charge in [-0.3, -0.25) is 19.4 Å². The highest BCUT2D eigenvalue weighted by Gasteiger charge is 2.35. The highest BCUT2D eigenvalue weighted by Crippen LogP contribution is 2.32. The van der Waals surface area contributed by atoms with Crippen molar-refractivity contribution in [3.05, 3.63) is 34.6 Å². The first-order valence-electron chi connectivity index (χ1n) is 14.8. The summed E-state index contributed by atoms with van der Waals surface area (Å²) in [5, 5.41) is 11.5. The van der Waals surface area contributed by atoms with E-state index < -0.39 is 18.0 Å². The first kappa shape index (κ1) is 34.5. The number of ketones is 1. The number of nitrogens with zero attached hydrogens (tertiary/aromatic N) is 5. The number of aliphatic hydroxyl groups is 1. The minimum atomic E-state index is -4.83. The molecule has 1 aromatic carbocycles. The number of likely N-dealkylation sites (tertiary alicyclic amines) is 1. The van der Waals surface area contributed by atoms with E-state index in [1.54, 1.807) is 6.07 Å². The highest BCUT2D eigenvalue weighted by molar-refractivity contribution is 6.32. The second-order valence-corrected chi connectivity index (χ2v) is 11.5. The summed E-state index contributed by atoms with van der Waals surface area (Å²) < 4.78 is 47.8. The summed E-state index contributed by atoms with van der Waals surface area (Å²) in [5.41, 5.74) is 6.64. The van der Waals surface area contributed by atoms with Gasteiger partial charge in [-0.1, -0.05) is 24.6 Å². The number of nitrogens with two attached hydrogens (primary N) is 1. The lowest BCUT2D eigenvalue weighted by atomic mass is 9.97. The number of anilines is 2. The number of carbonyl (C=O) groups excluding carboxylic acids is 2. The second kappa shape index (κ2) is 15.3. The summed E-state index contributed by atoms with van der Waals surface area (Å²) >= 11 is 6.45. The van der Waals surface area contributed by atoms with Crippen molar-refractivity contribution in [2.24, 2.45) is 0 Å². The molecule has 1 atom stereocenters. The molecule has 0 radical (unpaired) electrons. The topological polar surface area (TPSA) is 146 Å². The van der Waals surface area contributed by atoms with Crippen LogP contribution in [0.3, 0.4) is 0 Å². The van der Waals surface area contributed by atoms with Gasteiger partial charge in [0.1, 0.15) is 18.1 Å². The zero-order chi connectivity index (χ0) is 32.7. The van der Waals surface area contributed by atoms with Gasteiger partial charge in [0, 0.05) is 56.4 Å². The number of aromatic nitrogens is 2. The van der Waals surface area contributed by atoms with Crippen molar-refractivity contribution in [2.45, 2.75) is 58.1 Å². The van der Waals surface area contributed by atoms with Gasteiger partial charge in [-0.15, -0.1) is 13.2 Å². The standard InChI is InChI=1S/C29H39ClF3N7O5/c1-3-20-16-39(27-25(30)36-24(26(34)37-27)28(43)35-8-13-41)11-12-40(20)21-6-9-38(10-7-21)15-19-4-5-22(45-29(31,32)33)14-23(19)44-17-18(2)42/h4-5,14,20-21,41H,3,6-13,15-17H2,1-2H3,(H2,34,37)(H,35,43)/t20-/m0/s1. The van der Waals surface area contributed by atoms with Crippen LogP contribution in [0.5, 0.6) is 11.5 Å². The molecule has 2 aliphatic heterocycles. The molecule has 2 saturated heterocycles. The number of carbonyl (C=O) groups is 2. The molecule has 0 saturated carbocycles. The van der Waals surface area contributed by atoms with Crippen molar-refractivity contribution in [1.29, 1.82) is 0 Å². The molecule has 4 N–H and O–H groups in total. The number of benzene rings is 1. The number of piperazine rings is 1. The third-order valence-electron chi connectivity index (χ3n) is 7.90. The van der Waals surface area contributed by atoms with E-state index in [9.17, 15) is 22.8 Å². The maximum atomic E-state index is 12.8. The molecule has 0 bridgehead atoms. The van der Waals surface area contributed by atoms with E-state index >= 15 is 0 Å². The Kier molecular flexibility index (Phi) is 11.7. The number of ether oxygens (including phenoxy) is 2. The molecular weight excluding hydrogens is 619 g/mol. The zero-order valence-corrected chi connectivity index (χ0v) is 26.0. The van der Waals surface area contributed by atoms with Gasteiger partial charge in [0.05, 0.1) is 6.61 Å². The molecule has 0 aliphatic carbocycles. The third-order valence-corrected chi connectivity index (χ3v) is 8.15. The third kappa shape index (κ3) is 9.31. The Morgan fingerprint density at radius 2 is 1.91 bits per heavy atom. The van der Waals surface area contributed by atoms with Gasteiger partial charge < -0.3 is 30.5 Å². The predicted octanol–water partition coefficient (Wildman–Crippen LogP) is 2.87. The summed E-state index contributed by atoms with van der Waals surface area (Å²) in [4.78, 5) is 39.1. The molecule has 1 aromatic heterocycles. The summed E-state index contributed by atoms with van der Waals surface area (Å²) in [6, 6.07) is 4.53. The first-order valence-corrected chi connectivity index (χ1v) is 15.2. The minimum absolute atomic E-state index is 0.0370. The van der Waals surface area contributed by atoms with Crippen LogP contribution in [-0.2, 0) is 11.3 Å².